The minimum absolute atomic E-state index is 0. The number of pyridine rings is 2. The van der Waals surface area contributed by atoms with Crippen LogP contribution in [0, 0.1) is 45.7 Å². The summed E-state index contributed by atoms with van der Waals surface area (Å²) in [5.41, 5.74) is 16.0. The maximum atomic E-state index is 6.51. The van der Waals surface area contributed by atoms with Gasteiger partial charge in [0.15, 0.2) is 0 Å². The van der Waals surface area contributed by atoms with E-state index in [0.717, 1.165) is 56.4 Å². The van der Waals surface area contributed by atoms with E-state index in [-0.39, 0.29) is 20.1 Å². The number of fused-ring (bicyclic) bond motifs is 3. The van der Waals surface area contributed by atoms with Crippen molar-refractivity contribution in [1.29, 1.82) is 0 Å². The van der Waals surface area contributed by atoms with Crippen LogP contribution in [0.1, 0.15) is 67.0 Å². The first-order valence-electron chi connectivity index (χ1n) is 18.6. The van der Waals surface area contributed by atoms with Gasteiger partial charge in [-0.25, -0.2) is 0 Å². The van der Waals surface area contributed by atoms with Crippen LogP contribution in [0.2, 0.25) is 17.3 Å². The molecule has 0 bridgehead atoms. The second-order valence-electron chi connectivity index (χ2n) is 16.1. The molecular formula is C48H52GeIrN2O-2. The zero-order valence-corrected chi connectivity index (χ0v) is 37.7. The third-order valence-corrected chi connectivity index (χ3v) is 14.2. The summed E-state index contributed by atoms with van der Waals surface area (Å²) >= 11 is -1.86. The Morgan fingerprint density at radius 3 is 2.15 bits per heavy atom. The number of aromatic nitrogens is 2. The summed E-state index contributed by atoms with van der Waals surface area (Å²) in [6.45, 7) is 17.6. The fraction of sp³-hybridized carbons (Fsp3) is 0.292. The molecule has 0 saturated heterocycles. The van der Waals surface area contributed by atoms with E-state index in [4.69, 9.17) is 9.40 Å². The Kier molecular flexibility index (Phi) is 12.7. The molecule has 0 aliphatic heterocycles. The first-order chi connectivity index (χ1) is 24.7. The molecule has 4 aromatic carbocycles. The molecule has 3 heterocycles. The zero-order valence-electron chi connectivity index (χ0n) is 33.2. The maximum absolute atomic E-state index is 6.51. The largest absolute Gasteiger partial charge is 0.501 e. The molecular weight excluding hydrogens is 885 g/mol. The Morgan fingerprint density at radius 1 is 0.774 bits per heavy atom. The molecule has 3 aromatic heterocycles. The molecule has 0 saturated carbocycles. The van der Waals surface area contributed by atoms with E-state index in [0.29, 0.717) is 11.8 Å². The number of aryl methyl sites for hydroxylation is 4. The molecule has 3 nitrogen and oxygen atoms in total. The molecule has 7 aromatic rings. The Bertz CT molecular complexity index is 2340. The van der Waals surface area contributed by atoms with E-state index in [9.17, 15) is 0 Å². The molecule has 0 amide bonds. The van der Waals surface area contributed by atoms with E-state index < -0.39 is 13.3 Å². The third kappa shape index (κ3) is 8.94. The van der Waals surface area contributed by atoms with Gasteiger partial charge in [0.1, 0.15) is 5.58 Å². The second kappa shape index (κ2) is 16.7. The summed E-state index contributed by atoms with van der Waals surface area (Å²) in [6.07, 6.45) is 5.15. The normalized spacial score (nSPS) is 11.6. The molecule has 0 unspecified atom stereocenters. The van der Waals surface area contributed by atoms with E-state index in [2.05, 4.69) is 157 Å². The maximum Gasteiger partial charge on any atom is 0.121 e. The van der Waals surface area contributed by atoms with Gasteiger partial charge in [-0.3, -0.25) is 0 Å². The number of nitrogens with zero attached hydrogens (tertiary/aromatic N) is 2. The fourth-order valence-electron chi connectivity index (χ4n) is 7.39. The summed E-state index contributed by atoms with van der Waals surface area (Å²) in [6, 6.07) is 34.5. The van der Waals surface area contributed by atoms with E-state index in [1.165, 1.54) is 38.9 Å². The van der Waals surface area contributed by atoms with Crippen molar-refractivity contribution in [2.24, 2.45) is 5.92 Å². The summed E-state index contributed by atoms with van der Waals surface area (Å²) < 4.78 is 8.05. The SMILES string of the molecule is CC(C)Cc1cc(-c2[c-]cccc2)nc[c]1[Ge]([CH3])([CH3])[CH3].Cc1cc(C)c(-c2ccc3c(c2)oc2c(-c4cc(C(C)C)ccn4)[c-]cc(C)c23)c(C)c1.[Ir]. The van der Waals surface area contributed by atoms with Crippen LogP contribution in [0.3, 0.4) is 0 Å². The first-order valence-corrected chi connectivity index (χ1v) is 25.9. The topological polar surface area (TPSA) is 38.9 Å². The van der Waals surface area contributed by atoms with E-state index in [1.54, 1.807) is 4.40 Å². The van der Waals surface area contributed by atoms with Gasteiger partial charge >= 0.3 is 126 Å². The zero-order chi connectivity index (χ0) is 37.3. The average Bonchev–Trinajstić information content (AvgIpc) is 3.48. The molecule has 7 rings (SSSR count). The van der Waals surface area contributed by atoms with Gasteiger partial charge in [-0.2, -0.15) is 0 Å². The van der Waals surface area contributed by atoms with Gasteiger partial charge in [0.05, 0.1) is 5.58 Å². The molecule has 5 heteroatoms. The average molecular weight is 938 g/mol. The molecule has 0 aliphatic carbocycles. The minimum atomic E-state index is -1.86. The van der Waals surface area contributed by atoms with Crippen molar-refractivity contribution in [2.75, 3.05) is 0 Å². The van der Waals surface area contributed by atoms with Crippen LogP contribution in [0.15, 0.2) is 95.7 Å². The second-order valence-corrected chi connectivity index (χ2v) is 26.7. The van der Waals surface area contributed by atoms with Crippen LogP contribution >= 0.6 is 0 Å². The third-order valence-electron chi connectivity index (χ3n) is 9.83. The van der Waals surface area contributed by atoms with Crippen LogP contribution < -0.4 is 4.40 Å². The van der Waals surface area contributed by atoms with Crippen LogP contribution in [0.5, 0.6) is 0 Å². The summed E-state index contributed by atoms with van der Waals surface area (Å²) in [5.74, 6) is 8.44. The van der Waals surface area contributed by atoms with Gasteiger partial charge in [0.25, 0.3) is 0 Å². The number of furan rings is 1. The van der Waals surface area contributed by atoms with Crippen molar-refractivity contribution in [2.45, 2.75) is 85.0 Å². The molecule has 1 radical (unpaired) electrons. The quantitative estimate of drug-likeness (QED) is 0.118. The Morgan fingerprint density at radius 2 is 1.51 bits per heavy atom. The van der Waals surface area contributed by atoms with Crippen molar-refractivity contribution in [3.8, 4) is 33.6 Å². The predicted molar refractivity (Wildman–Crippen MR) is 224 cm³/mol. The van der Waals surface area contributed by atoms with Gasteiger partial charge in [0.2, 0.25) is 0 Å². The van der Waals surface area contributed by atoms with Gasteiger partial charge in [-0.15, -0.1) is 17.7 Å². The predicted octanol–water partition coefficient (Wildman–Crippen LogP) is 12.8. The number of hydrogen-bond donors (Lipinski definition) is 0. The van der Waals surface area contributed by atoms with E-state index >= 15 is 0 Å². The van der Waals surface area contributed by atoms with Crippen molar-refractivity contribution < 1.29 is 24.5 Å². The molecule has 0 N–H and O–H groups in total. The number of hydrogen-bond acceptors (Lipinski definition) is 3. The standard InChI is InChI=1S/C30H28NO.C18H24GeN.Ir/c1-17(2)22-11-12-31-26(15-22)24-9-7-19(4)29-25-10-8-23(16-27(25)32-30(24)29)28-20(5)13-18(3)14-21(28)6;1-14(2)11-16-12-18(15-9-7-6-8-10-15)20-13-17(16)19(3,4)5;/h7-8,10-17H,1-6H3;6-9,12-14H,11H2,1-5H3;/q2*-1;. The number of benzene rings is 4. The monoisotopic (exact) mass is 939 g/mol. The van der Waals surface area contributed by atoms with Gasteiger partial charge < -0.3 is 9.40 Å². The van der Waals surface area contributed by atoms with Crippen molar-refractivity contribution in [3.05, 3.63) is 137 Å². The van der Waals surface area contributed by atoms with Gasteiger partial charge in [-0.05, 0) is 66.8 Å². The summed E-state index contributed by atoms with van der Waals surface area (Å²) in [4.78, 5) is 9.35. The Balaban J connectivity index is 0.000000223. The Labute approximate surface area is 333 Å². The smallest absolute Gasteiger partial charge is 0.121 e. The van der Waals surface area contributed by atoms with Gasteiger partial charge in [-0.1, -0.05) is 73.2 Å². The summed E-state index contributed by atoms with van der Waals surface area (Å²) in [5, 5.41) is 2.29. The molecule has 0 atom stereocenters. The number of rotatable bonds is 7. The van der Waals surface area contributed by atoms with Crippen molar-refractivity contribution in [3.63, 3.8) is 0 Å². The fourth-order valence-corrected chi connectivity index (χ4v) is 10.7. The molecule has 0 aliphatic rings. The summed E-state index contributed by atoms with van der Waals surface area (Å²) in [7, 11) is 0. The van der Waals surface area contributed by atoms with Crippen LogP contribution in [0.4, 0.5) is 0 Å². The van der Waals surface area contributed by atoms with Crippen molar-refractivity contribution >= 4 is 39.6 Å². The molecule has 275 valence electrons. The molecule has 0 fully saturated rings. The van der Waals surface area contributed by atoms with Gasteiger partial charge in [0, 0.05) is 31.7 Å². The van der Waals surface area contributed by atoms with Crippen molar-refractivity contribution in [1.82, 2.24) is 9.97 Å². The van der Waals surface area contributed by atoms with Crippen LogP contribution in [-0.2, 0) is 26.5 Å². The molecule has 53 heavy (non-hydrogen) atoms. The minimum Gasteiger partial charge on any atom is -0.501 e. The van der Waals surface area contributed by atoms with Crippen LogP contribution in [-0.4, -0.2) is 23.2 Å². The first kappa shape index (κ1) is 40.4. The van der Waals surface area contributed by atoms with E-state index in [1.807, 2.05) is 24.4 Å². The van der Waals surface area contributed by atoms with Crippen LogP contribution in [0.25, 0.3) is 55.6 Å². The Hall–Kier alpha value is -3.83. The molecule has 0 spiro atoms.